The van der Waals surface area contributed by atoms with E-state index in [1.54, 1.807) is 54.8 Å². The molecule has 0 amide bonds. The molecule has 10 heteroatoms. The fourth-order valence-electron chi connectivity index (χ4n) is 3.28. The van der Waals surface area contributed by atoms with Crippen LogP contribution in [0.25, 0.3) is 17.1 Å². The number of allylic oxidation sites excluding steroid dienone is 1. The van der Waals surface area contributed by atoms with Crippen molar-refractivity contribution in [3.8, 4) is 28.9 Å². The van der Waals surface area contributed by atoms with Crippen molar-refractivity contribution in [1.82, 2.24) is 15.0 Å². The summed E-state index contributed by atoms with van der Waals surface area (Å²) in [6.45, 7) is 3.83. The summed E-state index contributed by atoms with van der Waals surface area (Å²) in [5, 5.41) is 18.4. The smallest absolute Gasteiger partial charge is 0.337 e. The zero-order valence-electron chi connectivity index (χ0n) is 18.3. The van der Waals surface area contributed by atoms with E-state index in [0.29, 0.717) is 40.8 Å². The Hall–Kier alpha value is -3.84. The minimum atomic E-state index is -0.385. The van der Waals surface area contributed by atoms with E-state index in [4.69, 9.17) is 14.7 Å². The number of tetrazole rings is 1. The van der Waals surface area contributed by atoms with E-state index in [0.717, 1.165) is 11.3 Å². The second-order valence-corrected chi connectivity index (χ2v) is 6.98. The number of esters is 1. The summed E-state index contributed by atoms with van der Waals surface area (Å²) < 4.78 is 10.4. The Bertz CT molecular complexity index is 1270. The molecule has 0 aliphatic carbocycles. The predicted molar refractivity (Wildman–Crippen MR) is 115 cm³/mol. The number of benzene rings is 2. The maximum atomic E-state index is 12.3. The molecule has 0 spiro atoms. The molecular formula is C23H21BrN6O3. The van der Waals surface area contributed by atoms with Crippen molar-refractivity contribution in [3.63, 3.8) is 0 Å². The SMILES string of the molecule is CCOC(=O)C1=C(C)N=C([n+]2nc(-c3ccc(OC)cc3)nn2-c2ccc(C#N)cc2)C1.[Br-]. The Morgan fingerprint density at radius 1 is 1.18 bits per heavy atom. The number of aliphatic imine (C=N–C) groups is 1. The first kappa shape index (κ1) is 23.8. The van der Waals surface area contributed by atoms with Crippen LogP contribution >= 0.6 is 0 Å². The maximum Gasteiger partial charge on any atom is 0.337 e. The molecule has 0 fully saturated rings. The molecule has 1 aliphatic rings. The van der Waals surface area contributed by atoms with Gasteiger partial charge >= 0.3 is 5.97 Å². The Labute approximate surface area is 201 Å². The lowest BCUT2D eigenvalue weighted by molar-refractivity contribution is -0.701. The van der Waals surface area contributed by atoms with Crippen LogP contribution in [0.4, 0.5) is 0 Å². The van der Waals surface area contributed by atoms with Gasteiger partial charge in [-0.15, -0.1) is 4.99 Å². The van der Waals surface area contributed by atoms with Crippen LogP contribution in [0.2, 0.25) is 0 Å². The summed E-state index contributed by atoms with van der Waals surface area (Å²) in [4.78, 5) is 20.0. The molecule has 168 valence electrons. The Balaban J connectivity index is 0.00000306. The number of carbonyl (C=O) groups is 1. The Kier molecular flexibility index (Phi) is 7.35. The van der Waals surface area contributed by atoms with E-state index in [1.807, 2.05) is 24.3 Å². The van der Waals surface area contributed by atoms with E-state index in [1.165, 1.54) is 0 Å². The lowest BCUT2D eigenvalue weighted by Crippen LogP contribution is -3.00. The molecule has 0 radical (unpaired) electrons. The van der Waals surface area contributed by atoms with Gasteiger partial charge in [-0.2, -0.15) is 5.26 Å². The number of hydrogen-bond acceptors (Lipinski definition) is 7. The van der Waals surface area contributed by atoms with Crippen LogP contribution < -0.4 is 26.5 Å². The minimum absolute atomic E-state index is 0. The van der Waals surface area contributed by atoms with Gasteiger partial charge in [-0.25, -0.2) is 4.79 Å². The molecule has 0 atom stereocenters. The molecule has 0 saturated carbocycles. The number of aromatic nitrogens is 4. The molecule has 0 saturated heterocycles. The number of nitrogens with zero attached hydrogens (tertiary/aromatic N) is 6. The summed E-state index contributed by atoms with van der Waals surface area (Å²) in [6.07, 6.45) is 0.270. The van der Waals surface area contributed by atoms with E-state index in [-0.39, 0.29) is 29.4 Å². The quantitative estimate of drug-likeness (QED) is 0.342. The van der Waals surface area contributed by atoms with Crippen molar-refractivity contribution < 1.29 is 36.0 Å². The molecular weight excluding hydrogens is 488 g/mol. The molecule has 33 heavy (non-hydrogen) atoms. The first-order chi connectivity index (χ1) is 15.5. The lowest BCUT2D eigenvalue weighted by Gasteiger charge is -2.02. The monoisotopic (exact) mass is 508 g/mol. The van der Waals surface area contributed by atoms with Crippen molar-refractivity contribution in [2.45, 2.75) is 20.3 Å². The van der Waals surface area contributed by atoms with Crippen LogP contribution in [-0.2, 0) is 9.53 Å². The number of nitriles is 1. The first-order valence-corrected chi connectivity index (χ1v) is 10.0. The van der Waals surface area contributed by atoms with E-state index >= 15 is 0 Å². The molecule has 1 aliphatic heterocycles. The van der Waals surface area contributed by atoms with Crippen molar-refractivity contribution >= 4 is 11.8 Å². The number of rotatable bonds is 5. The standard InChI is InChI=1S/C23H21N6O3.BrH/c1-4-32-23(30)20-13-21(25-15(20)2)29-27-22(17-7-11-19(31-3)12-8-17)26-28(29)18-9-5-16(14-24)6-10-18;/h5-12H,4,13H2,1-3H3;1H/q+1;/p-1. The fraction of sp³-hybridized carbons (Fsp3) is 0.217. The van der Waals surface area contributed by atoms with Crippen LogP contribution in [0.1, 0.15) is 25.8 Å². The molecule has 0 bridgehead atoms. The third-order valence-electron chi connectivity index (χ3n) is 4.95. The van der Waals surface area contributed by atoms with Crippen molar-refractivity contribution in [2.24, 2.45) is 4.99 Å². The van der Waals surface area contributed by atoms with Crippen LogP contribution in [0.15, 0.2) is 64.8 Å². The number of carbonyl (C=O) groups excluding carboxylic acids is 1. The highest BCUT2D eigenvalue weighted by Gasteiger charge is 2.33. The van der Waals surface area contributed by atoms with Gasteiger partial charge < -0.3 is 26.5 Å². The second kappa shape index (κ2) is 10.2. The summed E-state index contributed by atoms with van der Waals surface area (Å²) in [5.41, 5.74) is 3.11. The van der Waals surface area contributed by atoms with Gasteiger partial charge in [0.25, 0.3) is 11.7 Å². The highest BCUT2D eigenvalue weighted by molar-refractivity contribution is 5.98. The van der Waals surface area contributed by atoms with Gasteiger partial charge in [0, 0.05) is 10.7 Å². The molecule has 2 aromatic carbocycles. The topological polar surface area (TPSA) is 106 Å². The van der Waals surface area contributed by atoms with Gasteiger partial charge in [-0.1, -0.05) is 0 Å². The normalized spacial score (nSPS) is 12.6. The Morgan fingerprint density at radius 3 is 2.48 bits per heavy atom. The zero-order chi connectivity index (χ0) is 22.7. The highest BCUT2D eigenvalue weighted by atomic mass is 79.9. The minimum Gasteiger partial charge on any atom is -1.00 e. The lowest BCUT2D eigenvalue weighted by atomic mass is 10.2. The number of methoxy groups -OCH3 is 1. The van der Waals surface area contributed by atoms with E-state index in [9.17, 15) is 4.79 Å². The molecule has 3 aromatic rings. The molecule has 9 nitrogen and oxygen atoms in total. The molecule has 2 heterocycles. The summed E-state index contributed by atoms with van der Waals surface area (Å²) >= 11 is 0. The highest BCUT2D eigenvalue weighted by Crippen LogP contribution is 2.22. The number of ether oxygens (including phenoxy) is 2. The fourth-order valence-corrected chi connectivity index (χ4v) is 3.28. The summed E-state index contributed by atoms with van der Waals surface area (Å²) in [5.74, 6) is 1.36. The van der Waals surface area contributed by atoms with Gasteiger partial charge in [-0.3, -0.25) is 0 Å². The number of halogens is 1. The first-order valence-electron chi connectivity index (χ1n) is 10.0. The van der Waals surface area contributed by atoms with E-state index < -0.39 is 0 Å². The zero-order valence-corrected chi connectivity index (χ0v) is 19.9. The van der Waals surface area contributed by atoms with Crippen LogP contribution in [0.3, 0.4) is 0 Å². The van der Waals surface area contributed by atoms with Gasteiger partial charge in [0.1, 0.15) is 17.1 Å². The van der Waals surface area contributed by atoms with Crippen LogP contribution in [-0.4, -0.2) is 40.5 Å². The molecule has 1 aromatic heterocycles. The predicted octanol–water partition coefficient (Wildman–Crippen LogP) is -0.407. The third kappa shape index (κ3) is 4.83. The van der Waals surface area contributed by atoms with E-state index in [2.05, 4.69) is 21.3 Å². The number of hydrogen-bond donors (Lipinski definition) is 0. The summed E-state index contributed by atoms with van der Waals surface area (Å²) in [7, 11) is 1.61. The average Bonchev–Trinajstić information content (AvgIpc) is 3.43. The van der Waals surface area contributed by atoms with Crippen molar-refractivity contribution in [1.29, 1.82) is 5.26 Å². The van der Waals surface area contributed by atoms with Crippen LogP contribution in [0, 0.1) is 11.3 Å². The van der Waals surface area contributed by atoms with Crippen LogP contribution in [0.5, 0.6) is 5.75 Å². The van der Waals surface area contributed by atoms with Gasteiger partial charge in [-0.05, 0) is 77.1 Å². The van der Waals surface area contributed by atoms with Gasteiger partial charge in [0.2, 0.25) is 0 Å². The maximum absolute atomic E-state index is 12.3. The van der Waals surface area contributed by atoms with Crippen molar-refractivity contribution in [3.05, 3.63) is 65.4 Å². The molecule has 0 unspecified atom stereocenters. The largest absolute Gasteiger partial charge is 1.00 e. The third-order valence-corrected chi connectivity index (χ3v) is 4.95. The molecule has 4 rings (SSSR count). The Morgan fingerprint density at radius 2 is 1.88 bits per heavy atom. The van der Waals surface area contributed by atoms with Crippen molar-refractivity contribution in [2.75, 3.05) is 13.7 Å². The van der Waals surface area contributed by atoms with Gasteiger partial charge in [0.05, 0.1) is 37.3 Å². The van der Waals surface area contributed by atoms with Gasteiger partial charge in [0.15, 0.2) is 0 Å². The second-order valence-electron chi connectivity index (χ2n) is 6.98. The summed E-state index contributed by atoms with van der Waals surface area (Å²) in [6, 6.07) is 16.5. The average molecular weight is 509 g/mol. The molecule has 0 N–H and O–H groups in total.